The number of nitrogens with one attached hydrogen (secondary N) is 1. The normalized spacial score (nSPS) is 19.9. The first-order valence-corrected chi connectivity index (χ1v) is 6.37. The Morgan fingerprint density at radius 2 is 2.40 bits per heavy atom. The monoisotopic (exact) mass is 283 g/mol. The Morgan fingerprint density at radius 1 is 1.60 bits per heavy atom. The van der Waals surface area contributed by atoms with Crippen LogP contribution in [0, 0.1) is 5.82 Å². The molecular formula is C13H18FN3O3. The van der Waals surface area contributed by atoms with E-state index < -0.39 is 5.91 Å². The molecule has 1 fully saturated rings. The molecular weight excluding hydrogens is 265 g/mol. The van der Waals surface area contributed by atoms with E-state index in [1.165, 1.54) is 18.2 Å². The van der Waals surface area contributed by atoms with Crippen molar-refractivity contribution in [2.75, 3.05) is 26.4 Å². The largest absolute Gasteiger partial charge is 0.395 e. The summed E-state index contributed by atoms with van der Waals surface area (Å²) in [6.45, 7) is 1.83. The van der Waals surface area contributed by atoms with Gasteiger partial charge in [-0.3, -0.25) is 15.1 Å². The fourth-order valence-electron chi connectivity index (χ4n) is 2.20. The van der Waals surface area contributed by atoms with Crippen LogP contribution < -0.4 is 11.3 Å². The number of benzene rings is 1. The Balaban J connectivity index is 2.17. The number of aliphatic hydroxyl groups is 1. The van der Waals surface area contributed by atoms with Crippen molar-refractivity contribution in [2.24, 2.45) is 5.84 Å². The molecule has 6 nitrogen and oxygen atoms in total. The molecule has 4 N–H and O–H groups in total. The number of ether oxygens (including phenoxy) is 1. The first kappa shape index (κ1) is 14.9. The van der Waals surface area contributed by atoms with E-state index in [0.717, 1.165) is 0 Å². The summed E-state index contributed by atoms with van der Waals surface area (Å²) in [5.41, 5.74) is 2.71. The number of aliphatic hydroxyl groups excluding tert-OH is 1. The number of hydrogen-bond acceptors (Lipinski definition) is 5. The maximum absolute atomic E-state index is 13.8. The zero-order chi connectivity index (χ0) is 14.5. The van der Waals surface area contributed by atoms with E-state index in [-0.39, 0.29) is 18.5 Å². The van der Waals surface area contributed by atoms with Gasteiger partial charge in [-0.05, 0) is 18.2 Å². The average molecular weight is 283 g/mol. The zero-order valence-electron chi connectivity index (χ0n) is 11.0. The first-order valence-electron chi connectivity index (χ1n) is 6.37. The van der Waals surface area contributed by atoms with Crippen LogP contribution >= 0.6 is 0 Å². The molecule has 7 heteroatoms. The van der Waals surface area contributed by atoms with Crippen LogP contribution in [0.15, 0.2) is 18.2 Å². The molecule has 0 saturated carbocycles. The van der Waals surface area contributed by atoms with Gasteiger partial charge in [-0.1, -0.05) is 0 Å². The number of carbonyl (C=O) groups is 1. The number of carbonyl (C=O) groups excluding carboxylic acids is 1. The molecule has 20 heavy (non-hydrogen) atoms. The lowest BCUT2D eigenvalue weighted by molar-refractivity contribution is -0.0316. The van der Waals surface area contributed by atoms with Crippen molar-refractivity contribution in [3.05, 3.63) is 35.1 Å². The summed E-state index contributed by atoms with van der Waals surface area (Å²) in [5, 5.41) is 9.29. The summed E-state index contributed by atoms with van der Waals surface area (Å²) < 4.78 is 19.1. The van der Waals surface area contributed by atoms with Crippen LogP contribution in [-0.4, -0.2) is 48.3 Å². The van der Waals surface area contributed by atoms with Crippen molar-refractivity contribution < 1.29 is 19.0 Å². The molecule has 1 aliphatic rings. The van der Waals surface area contributed by atoms with Gasteiger partial charge in [-0.2, -0.15) is 0 Å². The molecule has 1 saturated heterocycles. The van der Waals surface area contributed by atoms with E-state index in [0.29, 0.717) is 37.4 Å². The predicted molar refractivity (Wildman–Crippen MR) is 70.2 cm³/mol. The Kier molecular flexibility index (Phi) is 5.02. The van der Waals surface area contributed by atoms with Crippen LogP contribution in [-0.2, 0) is 11.3 Å². The quantitative estimate of drug-likeness (QED) is 0.398. The van der Waals surface area contributed by atoms with Crippen LogP contribution in [0.2, 0.25) is 0 Å². The van der Waals surface area contributed by atoms with E-state index in [4.69, 9.17) is 10.6 Å². The maximum Gasteiger partial charge on any atom is 0.265 e. The second-order valence-corrected chi connectivity index (χ2v) is 4.66. The van der Waals surface area contributed by atoms with Gasteiger partial charge in [0.05, 0.1) is 25.9 Å². The van der Waals surface area contributed by atoms with Gasteiger partial charge in [-0.25, -0.2) is 10.2 Å². The Morgan fingerprint density at radius 3 is 3.10 bits per heavy atom. The minimum atomic E-state index is -0.466. The first-order chi connectivity index (χ1) is 9.65. The number of nitrogen functional groups attached to an aromatic ring is 1. The molecule has 1 aromatic rings. The van der Waals surface area contributed by atoms with E-state index in [1.807, 2.05) is 10.3 Å². The van der Waals surface area contributed by atoms with Gasteiger partial charge >= 0.3 is 0 Å². The molecule has 0 aromatic heterocycles. The highest BCUT2D eigenvalue weighted by Gasteiger charge is 2.23. The summed E-state index contributed by atoms with van der Waals surface area (Å²) >= 11 is 0. The Bertz CT molecular complexity index is 484. The SMILES string of the molecule is NNC(=O)c1ccc(F)c(CN2CCOCC2CO)c1. The number of nitrogens with two attached hydrogens (primary N) is 1. The smallest absolute Gasteiger partial charge is 0.265 e. The standard InChI is InChI=1S/C13H18FN3O3/c14-12-2-1-9(13(19)16-15)5-10(12)6-17-3-4-20-8-11(17)7-18/h1-2,5,11,18H,3-4,6-8,15H2,(H,16,19). The van der Waals surface area contributed by atoms with Gasteiger partial charge in [-0.15, -0.1) is 0 Å². The molecule has 1 amide bonds. The van der Waals surface area contributed by atoms with Crippen LogP contribution in [0.5, 0.6) is 0 Å². The van der Waals surface area contributed by atoms with Crippen molar-refractivity contribution in [1.82, 2.24) is 10.3 Å². The van der Waals surface area contributed by atoms with Gasteiger partial charge < -0.3 is 9.84 Å². The molecule has 0 aliphatic carbocycles. The molecule has 0 spiro atoms. The lowest BCUT2D eigenvalue weighted by Gasteiger charge is -2.34. The number of morpholine rings is 1. The van der Waals surface area contributed by atoms with Crippen LogP contribution in [0.3, 0.4) is 0 Å². The predicted octanol–water partition coefficient (Wildman–Crippen LogP) is -0.378. The minimum Gasteiger partial charge on any atom is -0.395 e. The molecule has 0 radical (unpaired) electrons. The summed E-state index contributed by atoms with van der Waals surface area (Å²) in [4.78, 5) is 13.4. The zero-order valence-corrected chi connectivity index (χ0v) is 11.0. The summed E-state index contributed by atoms with van der Waals surface area (Å²) in [7, 11) is 0. The van der Waals surface area contributed by atoms with E-state index in [1.54, 1.807) is 0 Å². The van der Waals surface area contributed by atoms with Crippen molar-refractivity contribution in [2.45, 2.75) is 12.6 Å². The summed E-state index contributed by atoms with van der Waals surface area (Å²) in [5.74, 6) is 4.21. The molecule has 0 bridgehead atoms. The second kappa shape index (κ2) is 6.76. The lowest BCUT2D eigenvalue weighted by atomic mass is 10.1. The second-order valence-electron chi connectivity index (χ2n) is 4.66. The van der Waals surface area contributed by atoms with Gasteiger partial charge in [0.25, 0.3) is 5.91 Å². The third-order valence-corrected chi connectivity index (χ3v) is 3.37. The van der Waals surface area contributed by atoms with Crippen molar-refractivity contribution in [3.63, 3.8) is 0 Å². The summed E-state index contributed by atoms with van der Waals surface area (Å²) in [6.07, 6.45) is 0. The molecule has 1 aliphatic heterocycles. The van der Waals surface area contributed by atoms with E-state index in [9.17, 15) is 14.3 Å². The Labute approximate surface area is 116 Å². The lowest BCUT2D eigenvalue weighted by Crippen LogP contribution is -2.47. The van der Waals surface area contributed by atoms with Crippen molar-refractivity contribution in [1.29, 1.82) is 0 Å². The number of hydrogen-bond donors (Lipinski definition) is 3. The number of nitrogens with zero attached hydrogens (tertiary/aromatic N) is 1. The fraction of sp³-hybridized carbons (Fsp3) is 0.462. The molecule has 1 unspecified atom stereocenters. The maximum atomic E-state index is 13.8. The minimum absolute atomic E-state index is 0.0510. The van der Waals surface area contributed by atoms with Crippen LogP contribution in [0.4, 0.5) is 4.39 Å². The molecule has 2 rings (SSSR count). The summed E-state index contributed by atoms with van der Waals surface area (Å²) in [6, 6.07) is 3.94. The Hall–Kier alpha value is -1.54. The number of amides is 1. The number of hydrazine groups is 1. The van der Waals surface area contributed by atoms with Crippen LogP contribution in [0.25, 0.3) is 0 Å². The average Bonchev–Trinajstić information content (AvgIpc) is 2.49. The third-order valence-electron chi connectivity index (χ3n) is 3.37. The molecule has 1 aromatic carbocycles. The van der Waals surface area contributed by atoms with Gasteiger partial charge in [0.15, 0.2) is 0 Å². The fourth-order valence-corrected chi connectivity index (χ4v) is 2.20. The van der Waals surface area contributed by atoms with Gasteiger partial charge in [0.1, 0.15) is 5.82 Å². The van der Waals surface area contributed by atoms with E-state index >= 15 is 0 Å². The molecule has 110 valence electrons. The van der Waals surface area contributed by atoms with Crippen LogP contribution in [0.1, 0.15) is 15.9 Å². The highest BCUT2D eigenvalue weighted by molar-refractivity contribution is 5.93. The molecule has 1 heterocycles. The topological polar surface area (TPSA) is 87.8 Å². The number of halogens is 1. The highest BCUT2D eigenvalue weighted by atomic mass is 19.1. The molecule has 1 atom stereocenters. The van der Waals surface area contributed by atoms with Crippen molar-refractivity contribution >= 4 is 5.91 Å². The highest BCUT2D eigenvalue weighted by Crippen LogP contribution is 2.16. The van der Waals surface area contributed by atoms with Gasteiger partial charge in [0, 0.05) is 24.2 Å². The number of rotatable bonds is 4. The van der Waals surface area contributed by atoms with E-state index in [2.05, 4.69) is 0 Å². The third kappa shape index (κ3) is 3.31. The van der Waals surface area contributed by atoms with Crippen molar-refractivity contribution in [3.8, 4) is 0 Å². The van der Waals surface area contributed by atoms with Gasteiger partial charge in [0.2, 0.25) is 0 Å².